The van der Waals surface area contributed by atoms with Gasteiger partial charge in [0.05, 0.1) is 5.69 Å². The number of rotatable bonds is 2. The van der Waals surface area contributed by atoms with Crippen LogP contribution in [0.2, 0.25) is 0 Å². The van der Waals surface area contributed by atoms with Crippen LogP contribution < -0.4 is 10.5 Å². The number of hydrogen-bond donors (Lipinski definition) is 2. The molecule has 0 spiro atoms. The summed E-state index contributed by atoms with van der Waals surface area (Å²) in [5.41, 5.74) is 0.487. The van der Waals surface area contributed by atoms with Crippen molar-refractivity contribution in [3.05, 3.63) is 11.4 Å². The Morgan fingerprint density at radius 1 is 1.35 bits per heavy atom. The summed E-state index contributed by atoms with van der Waals surface area (Å²) in [6.07, 6.45) is 3.69. The topological polar surface area (TPSA) is 92.5 Å². The molecule has 1 saturated carbocycles. The van der Waals surface area contributed by atoms with Crippen LogP contribution in [-0.4, -0.2) is 32.4 Å². The molecule has 1 saturated heterocycles. The van der Waals surface area contributed by atoms with E-state index in [0.29, 0.717) is 17.5 Å². The van der Waals surface area contributed by atoms with Gasteiger partial charge in [-0.15, -0.1) is 11.3 Å². The van der Waals surface area contributed by atoms with Crippen LogP contribution in [0.3, 0.4) is 0 Å². The average molecular weight is 315 g/mol. The number of likely N-dealkylation sites (tertiary alicyclic amines) is 1. The van der Waals surface area contributed by atoms with Crippen molar-refractivity contribution < 1.29 is 13.2 Å². The Morgan fingerprint density at radius 2 is 2.00 bits per heavy atom. The summed E-state index contributed by atoms with van der Waals surface area (Å²) in [6, 6.07) is 1.24. The molecule has 0 bridgehead atoms. The van der Waals surface area contributed by atoms with Crippen molar-refractivity contribution in [3.63, 3.8) is 0 Å². The second kappa shape index (κ2) is 5.01. The van der Waals surface area contributed by atoms with Crippen molar-refractivity contribution in [2.75, 3.05) is 18.4 Å². The number of nitrogens with one attached hydrogen (secondary N) is 1. The van der Waals surface area contributed by atoms with Crippen LogP contribution >= 0.6 is 11.3 Å². The number of urea groups is 1. The number of carbonyl (C=O) groups is 1. The summed E-state index contributed by atoms with van der Waals surface area (Å²) in [5, 5.41) is 9.38. The maximum Gasteiger partial charge on any atom is 0.321 e. The first-order valence-corrected chi connectivity index (χ1v) is 9.03. The Morgan fingerprint density at radius 3 is 2.55 bits per heavy atom. The van der Waals surface area contributed by atoms with E-state index in [4.69, 9.17) is 5.14 Å². The van der Waals surface area contributed by atoms with Gasteiger partial charge in [0.1, 0.15) is 4.21 Å². The molecule has 0 aromatic carbocycles. The first-order chi connectivity index (χ1) is 9.43. The normalized spacial score (nSPS) is 25.8. The van der Waals surface area contributed by atoms with E-state index in [0.717, 1.165) is 24.4 Å². The van der Waals surface area contributed by atoms with Gasteiger partial charge in [-0.25, -0.2) is 18.4 Å². The van der Waals surface area contributed by atoms with E-state index < -0.39 is 10.0 Å². The smallest absolute Gasteiger partial charge is 0.321 e. The zero-order valence-corrected chi connectivity index (χ0v) is 12.5. The quantitative estimate of drug-likeness (QED) is 0.869. The number of nitrogens with two attached hydrogens (primary N) is 1. The summed E-state index contributed by atoms with van der Waals surface area (Å²) in [4.78, 5) is 14.0. The van der Waals surface area contributed by atoms with Crippen LogP contribution in [-0.2, 0) is 10.0 Å². The van der Waals surface area contributed by atoms with Crippen molar-refractivity contribution in [2.24, 2.45) is 17.0 Å². The van der Waals surface area contributed by atoms with E-state index in [2.05, 4.69) is 5.32 Å². The zero-order valence-electron chi connectivity index (χ0n) is 10.9. The Labute approximate surface area is 122 Å². The molecule has 2 heterocycles. The predicted octanol–water partition coefficient (Wildman–Crippen LogP) is 1.66. The molecule has 1 aliphatic heterocycles. The fourth-order valence-corrected chi connectivity index (χ4v) is 4.67. The van der Waals surface area contributed by atoms with Gasteiger partial charge in [-0.05, 0) is 30.7 Å². The number of hydrogen-bond acceptors (Lipinski definition) is 4. The molecule has 1 aromatic heterocycles. The molecule has 8 heteroatoms. The second-order valence-electron chi connectivity index (χ2n) is 5.49. The van der Waals surface area contributed by atoms with Gasteiger partial charge in [-0.2, -0.15) is 0 Å². The molecule has 2 fully saturated rings. The monoisotopic (exact) mass is 315 g/mol. The number of anilines is 1. The van der Waals surface area contributed by atoms with Crippen molar-refractivity contribution in [1.29, 1.82) is 0 Å². The van der Waals surface area contributed by atoms with Gasteiger partial charge in [0.2, 0.25) is 10.0 Å². The molecular weight excluding hydrogens is 298 g/mol. The van der Waals surface area contributed by atoms with Gasteiger partial charge >= 0.3 is 6.03 Å². The van der Waals surface area contributed by atoms with Crippen LogP contribution in [0, 0.1) is 11.8 Å². The highest BCUT2D eigenvalue weighted by atomic mass is 32.2. The molecule has 6 nitrogen and oxygen atoms in total. The molecule has 3 N–H and O–H groups in total. The van der Waals surface area contributed by atoms with E-state index in [1.165, 1.54) is 25.3 Å². The number of fused-ring (bicyclic) bond motifs is 1. The summed E-state index contributed by atoms with van der Waals surface area (Å²) >= 11 is 1.01. The van der Waals surface area contributed by atoms with Gasteiger partial charge in [-0.1, -0.05) is 6.42 Å². The van der Waals surface area contributed by atoms with Gasteiger partial charge in [0.25, 0.3) is 0 Å². The summed E-state index contributed by atoms with van der Waals surface area (Å²) in [7, 11) is -3.70. The average Bonchev–Trinajstić information content (AvgIpc) is 3.00. The lowest BCUT2D eigenvalue weighted by atomic mass is 10.0. The van der Waals surface area contributed by atoms with Gasteiger partial charge in [-0.3, -0.25) is 0 Å². The number of nitrogens with zero attached hydrogens (tertiary/aromatic N) is 1. The van der Waals surface area contributed by atoms with E-state index in [-0.39, 0.29) is 10.2 Å². The molecule has 1 aliphatic carbocycles. The molecule has 2 atom stereocenters. The third kappa shape index (κ3) is 2.68. The predicted molar refractivity (Wildman–Crippen MR) is 77.1 cm³/mol. The molecule has 1 aromatic rings. The number of sulfonamides is 1. The Kier molecular flexibility index (Phi) is 3.47. The van der Waals surface area contributed by atoms with Crippen LogP contribution in [0.25, 0.3) is 0 Å². The van der Waals surface area contributed by atoms with E-state index >= 15 is 0 Å². The van der Waals surface area contributed by atoms with Crippen molar-refractivity contribution in [3.8, 4) is 0 Å². The minimum atomic E-state index is -3.70. The van der Waals surface area contributed by atoms with Crippen LogP contribution in [0.15, 0.2) is 15.7 Å². The summed E-state index contributed by atoms with van der Waals surface area (Å²) < 4.78 is 22.4. The minimum Gasteiger partial charge on any atom is -0.324 e. The number of thiophene rings is 1. The minimum absolute atomic E-state index is 0.0612. The van der Waals surface area contributed by atoms with Gasteiger partial charge in [0, 0.05) is 18.5 Å². The van der Waals surface area contributed by atoms with E-state index in [1.54, 1.807) is 5.38 Å². The first kappa shape index (κ1) is 13.8. The van der Waals surface area contributed by atoms with Crippen molar-refractivity contribution in [2.45, 2.75) is 23.5 Å². The lowest BCUT2D eigenvalue weighted by Gasteiger charge is -2.17. The second-order valence-corrected chi connectivity index (χ2v) is 8.19. The SMILES string of the molecule is NS(=O)(=O)c1cc(NC(=O)N2C[C@H]3CCC[C@H]3C2)cs1. The molecule has 2 aliphatic rings. The van der Waals surface area contributed by atoms with E-state index in [9.17, 15) is 13.2 Å². The third-order valence-electron chi connectivity index (χ3n) is 4.12. The molecule has 3 rings (SSSR count). The van der Waals surface area contributed by atoms with Crippen LogP contribution in [0.5, 0.6) is 0 Å². The number of primary sulfonamides is 1. The molecule has 20 heavy (non-hydrogen) atoms. The van der Waals surface area contributed by atoms with Crippen LogP contribution in [0.1, 0.15) is 19.3 Å². The van der Waals surface area contributed by atoms with Gasteiger partial charge < -0.3 is 10.2 Å². The largest absolute Gasteiger partial charge is 0.324 e. The number of amides is 2. The Balaban J connectivity index is 1.63. The molecule has 110 valence electrons. The highest BCUT2D eigenvalue weighted by molar-refractivity contribution is 7.91. The molecule has 2 amide bonds. The molecule has 0 unspecified atom stereocenters. The fourth-order valence-electron chi connectivity index (χ4n) is 3.13. The highest BCUT2D eigenvalue weighted by Gasteiger charge is 2.38. The van der Waals surface area contributed by atoms with E-state index in [1.807, 2.05) is 4.90 Å². The fraction of sp³-hybridized carbons (Fsp3) is 0.583. The lowest BCUT2D eigenvalue weighted by Crippen LogP contribution is -2.33. The molecule has 0 radical (unpaired) electrons. The third-order valence-corrected chi connectivity index (χ3v) is 6.51. The van der Waals surface area contributed by atoms with Crippen molar-refractivity contribution >= 4 is 33.1 Å². The maximum atomic E-state index is 12.1. The summed E-state index contributed by atoms with van der Waals surface area (Å²) in [5.74, 6) is 1.28. The standard InChI is InChI=1S/C12H17N3O3S2/c13-20(17,18)11-4-10(7-19-11)14-12(16)15-5-8-2-1-3-9(8)6-15/h4,7-9H,1-3,5-6H2,(H,14,16)(H2,13,17,18)/t8-,9+. The zero-order chi connectivity index (χ0) is 14.3. The molecular formula is C12H17N3O3S2. The first-order valence-electron chi connectivity index (χ1n) is 6.61. The van der Waals surface area contributed by atoms with Crippen molar-refractivity contribution in [1.82, 2.24) is 4.90 Å². The highest BCUT2D eigenvalue weighted by Crippen LogP contribution is 2.37. The van der Waals surface area contributed by atoms with Gasteiger partial charge in [0.15, 0.2) is 0 Å². The number of carbonyl (C=O) groups excluding carboxylic acids is 1. The Bertz CT molecular complexity index is 614. The lowest BCUT2D eigenvalue weighted by molar-refractivity contribution is 0.219. The van der Waals surface area contributed by atoms with Crippen LogP contribution in [0.4, 0.5) is 10.5 Å². The Hall–Kier alpha value is -1.12. The maximum absolute atomic E-state index is 12.1. The summed E-state index contributed by atoms with van der Waals surface area (Å²) in [6.45, 7) is 1.62.